The van der Waals surface area contributed by atoms with Gasteiger partial charge in [-0.15, -0.1) is 0 Å². The van der Waals surface area contributed by atoms with Gasteiger partial charge in [0.25, 0.3) is 0 Å². The highest BCUT2D eigenvalue weighted by atomic mass is 32.2. The molecule has 5 unspecified atom stereocenters. The summed E-state index contributed by atoms with van der Waals surface area (Å²) in [6.07, 6.45) is 16.9. The third-order valence-corrected chi connectivity index (χ3v) is 13.3. The molecule has 0 aromatic carbocycles. The van der Waals surface area contributed by atoms with Crippen LogP contribution in [-0.2, 0) is 57.8 Å². The first kappa shape index (κ1) is 42.3. The van der Waals surface area contributed by atoms with E-state index in [0.717, 1.165) is 87.1 Å². The summed E-state index contributed by atoms with van der Waals surface area (Å²) >= 11 is 0. The highest BCUT2D eigenvalue weighted by Gasteiger charge is 2.54. The Hall–Kier alpha value is -3.34. The van der Waals surface area contributed by atoms with Crippen LogP contribution in [-0.4, -0.2) is 88.0 Å². The molecular weight excluding hydrogens is 758 g/mol. The lowest BCUT2D eigenvalue weighted by molar-refractivity contribution is -0.262. The average molecular weight is 811 g/mol. The van der Waals surface area contributed by atoms with Gasteiger partial charge in [0, 0.05) is 17.8 Å². The van der Waals surface area contributed by atoms with E-state index in [9.17, 15) is 41.2 Å². The molecule has 0 aromatic heterocycles. The number of carbonyl (C=O) groups is 5. The monoisotopic (exact) mass is 810 g/mol. The Morgan fingerprint density at radius 2 is 1.34 bits per heavy atom. The second-order valence-electron chi connectivity index (χ2n) is 16.9. The SMILES string of the molecule is O=CC1C=C2CCCC(C(=O)OCC3(COC(=O)C45CCCC(=CC(C=O)C4)C5)COC(C(C=C4CCCCC4)CCOC(=O)C(F)(F)S(=O)(=O)O)OC3)(C2)C1. The lowest BCUT2D eigenvalue weighted by Crippen LogP contribution is -2.52. The zero-order valence-electron chi connectivity index (χ0n) is 31.6. The van der Waals surface area contributed by atoms with Gasteiger partial charge in [0.05, 0.1) is 36.1 Å². The molecule has 5 atom stereocenters. The van der Waals surface area contributed by atoms with E-state index in [2.05, 4.69) is 4.74 Å². The molecule has 0 radical (unpaired) electrons. The first-order valence-electron chi connectivity index (χ1n) is 19.7. The fourth-order valence-electron chi connectivity index (χ4n) is 9.54. The van der Waals surface area contributed by atoms with Gasteiger partial charge in [-0.05, 0) is 96.3 Å². The minimum Gasteiger partial charge on any atom is -0.464 e. The molecule has 1 heterocycles. The molecule has 0 spiro atoms. The number of allylic oxidation sites excluding steroid dienone is 5. The van der Waals surface area contributed by atoms with E-state index in [1.54, 1.807) is 0 Å². The van der Waals surface area contributed by atoms with Crippen LogP contribution >= 0.6 is 0 Å². The summed E-state index contributed by atoms with van der Waals surface area (Å²) in [6, 6.07) is 0. The Balaban J connectivity index is 1.18. The Kier molecular flexibility index (Phi) is 13.0. The molecule has 56 heavy (non-hydrogen) atoms. The second-order valence-corrected chi connectivity index (χ2v) is 18.4. The van der Waals surface area contributed by atoms with Crippen LogP contribution in [0.25, 0.3) is 0 Å². The van der Waals surface area contributed by atoms with Crippen LogP contribution in [0.15, 0.2) is 34.9 Å². The van der Waals surface area contributed by atoms with Gasteiger partial charge in [-0.3, -0.25) is 14.1 Å². The fraction of sp³-hybridized carbons (Fsp3) is 0.725. The van der Waals surface area contributed by atoms with Crippen molar-refractivity contribution in [1.82, 2.24) is 0 Å². The molecule has 4 bridgehead atoms. The highest BCUT2D eigenvalue weighted by molar-refractivity contribution is 7.87. The van der Waals surface area contributed by atoms with Crippen molar-refractivity contribution in [3.05, 3.63) is 34.9 Å². The molecule has 0 amide bonds. The third-order valence-electron chi connectivity index (χ3n) is 12.5. The normalized spacial score (nSPS) is 32.5. The summed E-state index contributed by atoms with van der Waals surface area (Å²) in [5.41, 5.74) is 0.297. The van der Waals surface area contributed by atoms with E-state index in [1.807, 2.05) is 18.2 Å². The number of hydrogen-bond donors (Lipinski definition) is 1. The minimum atomic E-state index is -6.04. The molecule has 0 aromatic rings. The zero-order valence-corrected chi connectivity index (χ0v) is 32.4. The Morgan fingerprint density at radius 3 is 1.82 bits per heavy atom. The van der Waals surface area contributed by atoms with Gasteiger partial charge < -0.3 is 33.3 Å². The van der Waals surface area contributed by atoms with Gasteiger partial charge in [0.2, 0.25) is 0 Å². The number of aldehydes is 2. The first-order chi connectivity index (χ1) is 26.6. The summed E-state index contributed by atoms with van der Waals surface area (Å²) in [4.78, 5) is 63.4. The highest BCUT2D eigenvalue weighted by Crippen LogP contribution is 2.50. The van der Waals surface area contributed by atoms with E-state index in [1.165, 1.54) is 0 Å². The van der Waals surface area contributed by atoms with Crippen LogP contribution in [0.4, 0.5) is 8.78 Å². The number of ether oxygens (including phenoxy) is 5. The minimum absolute atomic E-state index is 0.0923. The molecule has 3 saturated carbocycles. The molecule has 5 aliphatic carbocycles. The standard InChI is InChI=1S/C40H52F2O13S/c41-40(42,56(48,49)50)36(47)51-13-10-32(16-27-6-2-1-3-7-27)33-52-23-37(24-53-33,25-54-34(45)38-11-4-8-28(17-38)14-30(19-38)21-43)26-55-35(46)39-12-5-9-29(18-39)15-31(20-39)22-44/h14-16,21-22,30-33H,1-13,17-20,23-26H2,(H,48,49,50). The van der Waals surface area contributed by atoms with Crippen molar-refractivity contribution in [3.63, 3.8) is 0 Å². The largest absolute Gasteiger partial charge is 0.465 e. The van der Waals surface area contributed by atoms with E-state index >= 15 is 0 Å². The fourth-order valence-corrected chi connectivity index (χ4v) is 9.81. The van der Waals surface area contributed by atoms with Crippen molar-refractivity contribution in [1.29, 1.82) is 0 Å². The summed E-state index contributed by atoms with van der Waals surface area (Å²) < 4.78 is 87.9. The van der Waals surface area contributed by atoms with Crippen molar-refractivity contribution in [2.24, 2.45) is 34.0 Å². The number of rotatable bonds is 15. The average Bonchev–Trinajstić information content (AvgIpc) is 3.18. The van der Waals surface area contributed by atoms with Crippen molar-refractivity contribution in [3.8, 4) is 0 Å². The molecule has 310 valence electrons. The lowest BCUT2D eigenvalue weighted by Gasteiger charge is -2.44. The molecule has 6 rings (SSSR count). The Labute approximate surface area is 325 Å². The molecule has 13 nitrogen and oxygen atoms in total. The third kappa shape index (κ3) is 9.34. The van der Waals surface area contributed by atoms with E-state index < -0.39 is 80.2 Å². The molecule has 1 saturated heterocycles. The Bertz CT molecular complexity index is 1650. The topological polar surface area (TPSA) is 186 Å². The predicted molar refractivity (Wildman–Crippen MR) is 193 cm³/mol. The van der Waals surface area contributed by atoms with E-state index in [4.69, 9.17) is 23.5 Å². The molecule has 6 aliphatic rings. The van der Waals surface area contributed by atoms with Gasteiger partial charge in [-0.2, -0.15) is 17.2 Å². The number of alkyl halides is 2. The van der Waals surface area contributed by atoms with Crippen molar-refractivity contribution < 1.29 is 69.4 Å². The molecule has 1 aliphatic heterocycles. The van der Waals surface area contributed by atoms with Crippen LogP contribution in [0.5, 0.6) is 0 Å². The van der Waals surface area contributed by atoms with Crippen LogP contribution in [0.2, 0.25) is 0 Å². The predicted octanol–water partition coefficient (Wildman–Crippen LogP) is 5.76. The maximum Gasteiger partial charge on any atom is 0.465 e. The zero-order chi connectivity index (χ0) is 40.2. The van der Waals surface area contributed by atoms with Crippen molar-refractivity contribution >= 4 is 40.6 Å². The van der Waals surface area contributed by atoms with Gasteiger partial charge in [-0.1, -0.05) is 41.4 Å². The number of fused-ring (bicyclic) bond motifs is 4. The van der Waals surface area contributed by atoms with Gasteiger partial charge >= 0.3 is 33.3 Å². The lowest BCUT2D eigenvalue weighted by atomic mass is 9.63. The van der Waals surface area contributed by atoms with Crippen molar-refractivity contribution in [2.45, 2.75) is 114 Å². The summed E-state index contributed by atoms with van der Waals surface area (Å²) in [5, 5.41) is -5.14. The van der Waals surface area contributed by atoms with E-state index in [0.29, 0.717) is 38.5 Å². The van der Waals surface area contributed by atoms with Crippen LogP contribution in [0, 0.1) is 34.0 Å². The van der Waals surface area contributed by atoms with E-state index in [-0.39, 0.29) is 32.8 Å². The van der Waals surface area contributed by atoms with Gasteiger partial charge in [0.1, 0.15) is 25.8 Å². The maximum atomic E-state index is 13.9. The second kappa shape index (κ2) is 17.3. The van der Waals surface area contributed by atoms with Crippen LogP contribution < -0.4 is 0 Å². The summed E-state index contributed by atoms with van der Waals surface area (Å²) in [5.74, 6) is -4.73. The molecule has 1 N–H and O–H groups in total. The maximum absolute atomic E-state index is 13.9. The first-order valence-corrected chi connectivity index (χ1v) is 21.1. The van der Waals surface area contributed by atoms with Crippen molar-refractivity contribution in [2.75, 3.05) is 33.0 Å². The van der Waals surface area contributed by atoms with Gasteiger partial charge in [0.15, 0.2) is 6.29 Å². The number of hydrogen-bond acceptors (Lipinski definition) is 12. The number of halogens is 2. The molecular formula is C40H52F2O13S. The van der Waals surface area contributed by atoms with Crippen LogP contribution in [0.1, 0.15) is 103 Å². The number of esters is 3. The summed E-state index contributed by atoms with van der Waals surface area (Å²) in [7, 11) is -6.04. The Morgan fingerprint density at radius 1 is 0.821 bits per heavy atom. The quantitative estimate of drug-likeness (QED) is 0.0692. The smallest absolute Gasteiger partial charge is 0.464 e. The molecule has 4 fully saturated rings. The molecule has 16 heteroatoms. The van der Waals surface area contributed by atoms with Gasteiger partial charge in [-0.25, -0.2) is 4.79 Å². The van der Waals surface area contributed by atoms with Crippen LogP contribution in [0.3, 0.4) is 0 Å². The number of carbonyl (C=O) groups excluding carboxylic acids is 5. The summed E-state index contributed by atoms with van der Waals surface area (Å²) in [6.45, 7) is -1.32.